The van der Waals surface area contributed by atoms with Crippen LogP contribution in [-0.4, -0.2) is 48.5 Å². The third-order valence-corrected chi connectivity index (χ3v) is 8.42. The van der Waals surface area contributed by atoms with E-state index in [0.29, 0.717) is 42.9 Å². The number of aldehydes is 1. The number of benzene rings is 2. The van der Waals surface area contributed by atoms with E-state index in [4.69, 9.17) is 15.2 Å². The summed E-state index contributed by atoms with van der Waals surface area (Å²) in [4.78, 5) is 28.7. The summed E-state index contributed by atoms with van der Waals surface area (Å²) in [6, 6.07) is 8.93. The first-order chi connectivity index (χ1) is 21.3. The molecule has 9 nitrogen and oxygen atoms in total. The average Bonchev–Trinajstić information content (AvgIpc) is 3.02. The fraction of sp³-hybridized carbons (Fsp3) is 0.514. The van der Waals surface area contributed by atoms with E-state index >= 15 is 0 Å². The Labute approximate surface area is 261 Å². The van der Waals surface area contributed by atoms with Crippen LogP contribution in [-0.2, 0) is 22.4 Å². The Bertz CT molecular complexity index is 1290. The molecule has 9 heteroatoms. The van der Waals surface area contributed by atoms with Gasteiger partial charge in [0.25, 0.3) is 0 Å². The van der Waals surface area contributed by atoms with E-state index in [9.17, 15) is 19.8 Å². The van der Waals surface area contributed by atoms with Crippen LogP contribution in [0.5, 0.6) is 23.0 Å². The molecule has 0 amide bonds. The second-order valence-electron chi connectivity index (χ2n) is 11.7. The Morgan fingerprint density at radius 3 is 2.48 bits per heavy atom. The quantitative estimate of drug-likeness (QED) is 0.0526. The molecule has 0 heterocycles. The number of anilines is 1. The molecule has 0 aromatic heterocycles. The number of allylic oxidation sites excluding steroid dienone is 2. The number of nitrogens with two attached hydrogens (primary N) is 1. The number of nitrogens with one attached hydrogen (secondary N) is 1. The van der Waals surface area contributed by atoms with Gasteiger partial charge in [-0.15, -0.1) is 0 Å². The first kappa shape index (κ1) is 34.5. The largest absolute Gasteiger partial charge is 0.504 e. The number of aryl methyl sites for hydroxylation is 1. The molecule has 0 saturated heterocycles. The number of hydrogen-bond acceptors (Lipinski definition) is 7. The SMILES string of the molecule is CCC(CC=O)CCC(C=CC(=O)CCc1ccc(O)c(OC)c1)Cc1cc(NC(N)=NC2CCCCC2)c(O)c(OC)c1. The van der Waals surface area contributed by atoms with Crippen LogP contribution < -0.4 is 20.5 Å². The number of ether oxygens (including phenoxy) is 2. The monoisotopic (exact) mass is 607 g/mol. The van der Waals surface area contributed by atoms with E-state index in [1.54, 1.807) is 30.3 Å². The second-order valence-corrected chi connectivity index (χ2v) is 11.7. The molecule has 5 N–H and O–H groups in total. The average molecular weight is 608 g/mol. The molecule has 0 radical (unpaired) electrons. The number of nitrogens with zero attached hydrogens (tertiary/aromatic N) is 1. The first-order valence-corrected chi connectivity index (χ1v) is 15.8. The molecule has 0 bridgehead atoms. The number of hydrogen-bond donors (Lipinski definition) is 4. The van der Waals surface area contributed by atoms with Crippen LogP contribution >= 0.6 is 0 Å². The number of rotatable bonds is 17. The smallest absolute Gasteiger partial charge is 0.193 e. The highest BCUT2D eigenvalue weighted by Gasteiger charge is 2.18. The zero-order chi connectivity index (χ0) is 31.9. The summed E-state index contributed by atoms with van der Waals surface area (Å²) in [7, 11) is 3.00. The minimum Gasteiger partial charge on any atom is -0.504 e. The molecule has 1 saturated carbocycles. The summed E-state index contributed by atoms with van der Waals surface area (Å²) in [5.74, 6) is 1.29. The molecule has 1 aliphatic carbocycles. The number of guanidine groups is 1. The maximum atomic E-state index is 12.9. The number of phenols is 2. The zero-order valence-electron chi connectivity index (χ0n) is 26.4. The molecule has 2 aromatic carbocycles. The summed E-state index contributed by atoms with van der Waals surface area (Å²) in [5.41, 5.74) is 8.48. The molecule has 3 rings (SSSR count). The molecular weight excluding hydrogens is 558 g/mol. The van der Waals surface area contributed by atoms with Gasteiger partial charge < -0.3 is 35.5 Å². The van der Waals surface area contributed by atoms with Crippen LogP contribution in [0, 0.1) is 11.8 Å². The lowest BCUT2D eigenvalue weighted by Gasteiger charge is -2.20. The van der Waals surface area contributed by atoms with Gasteiger partial charge in [0.1, 0.15) is 6.29 Å². The van der Waals surface area contributed by atoms with Crippen molar-refractivity contribution in [3.63, 3.8) is 0 Å². The summed E-state index contributed by atoms with van der Waals surface area (Å²) in [6.45, 7) is 2.09. The fourth-order valence-electron chi connectivity index (χ4n) is 5.73. The van der Waals surface area contributed by atoms with Crippen molar-refractivity contribution in [1.29, 1.82) is 0 Å². The van der Waals surface area contributed by atoms with Gasteiger partial charge in [-0.2, -0.15) is 0 Å². The molecule has 2 unspecified atom stereocenters. The van der Waals surface area contributed by atoms with Gasteiger partial charge in [0.15, 0.2) is 34.7 Å². The molecule has 1 fully saturated rings. The van der Waals surface area contributed by atoms with E-state index in [-0.39, 0.29) is 41.1 Å². The van der Waals surface area contributed by atoms with Crippen molar-refractivity contribution in [2.24, 2.45) is 22.6 Å². The molecule has 2 aromatic rings. The van der Waals surface area contributed by atoms with E-state index < -0.39 is 0 Å². The summed E-state index contributed by atoms with van der Waals surface area (Å²) in [5, 5.41) is 23.7. The van der Waals surface area contributed by atoms with Gasteiger partial charge in [0.05, 0.1) is 25.9 Å². The number of aromatic hydroxyl groups is 2. The highest BCUT2D eigenvalue weighted by molar-refractivity contribution is 5.94. The predicted octanol–water partition coefficient (Wildman–Crippen LogP) is 6.49. The molecule has 0 aliphatic heterocycles. The van der Waals surface area contributed by atoms with Gasteiger partial charge in [0.2, 0.25) is 0 Å². The van der Waals surface area contributed by atoms with Crippen molar-refractivity contribution in [1.82, 2.24) is 0 Å². The van der Waals surface area contributed by atoms with Crippen molar-refractivity contribution in [2.75, 3.05) is 19.5 Å². The highest BCUT2D eigenvalue weighted by atomic mass is 16.5. The van der Waals surface area contributed by atoms with Gasteiger partial charge in [0, 0.05) is 12.8 Å². The van der Waals surface area contributed by atoms with Gasteiger partial charge in [-0.3, -0.25) is 4.79 Å². The lowest BCUT2D eigenvalue weighted by Crippen LogP contribution is -2.26. The highest BCUT2D eigenvalue weighted by Crippen LogP contribution is 2.37. The van der Waals surface area contributed by atoms with Gasteiger partial charge in [-0.1, -0.05) is 44.7 Å². The van der Waals surface area contributed by atoms with Crippen LogP contribution in [0.15, 0.2) is 47.5 Å². The van der Waals surface area contributed by atoms with Crippen LogP contribution in [0.25, 0.3) is 0 Å². The normalized spacial score (nSPS) is 15.6. The Hall–Kier alpha value is -4.01. The molecule has 0 spiro atoms. The number of methoxy groups -OCH3 is 2. The topological polar surface area (TPSA) is 143 Å². The lowest BCUT2D eigenvalue weighted by atomic mass is 9.88. The Balaban J connectivity index is 1.76. The van der Waals surface area contributed by atoms with Gasteiger partial charge in [-0.25, -0.2) is 4.99 Å². The Morgan fingerprint density at radius 2 is 1.80 bits per heavy atom. The summed E-state index contributed by atoms with van der Waals surface area (Å²) < 4.78 is 10.7. The van der Waals surface area contributed by atoms with E-state index in [2.05, 4.69) is 17.2 Å². The van der Waals surface area contributed by atoms with Crippen LogP contribution in [0.3, 0.4) is 0 Å². The second kappa shape index (κ2) is 18.0. The Kier molecular flexibility index (Phi) is 14.1. The lowest BCUT2D eigenvalue weighted by molar-refractivity contribution is -0.114. The van der Waals surface area contributed by atoms with Crippen molar-refractivity contribution in [3.8, 4) is 23.0 Å². The minimum atomic E-state index is -0.0387. The third-order valence-electron chi connectivity index (χ3n) is 8.42. The number of ketones is 1. The minimum absolute atomic E-state index is 0.000634. The molecular formula is C35H49N3O6. The summed E-state index contributed by atoms with van der Waals surface area (Å²) in [6.07, 6.45) is 14.6. The van der Waals surface area contributed by atoms with Crippen molar-refractivity contribution in [3.05, 3.63) is 53.6 Å². The predicted molar refractivity (Wildman–Crippen MR) is 175 cm³/mol. The maximum absolute atomic E-state index is 12.9. The third kappa shape index (κ3) is 10.9. The number of carbonyl (C=O) groups excluding carboxylic acids is 2. The number of phenolic OH excluding ortho intramolecular Hbond substituents is 2. The standard InChI is InChI=1S/C35H49N3O6/c1-4-24(18-19-39)10-11-25(12-15-29(40)16-13-26-14-17-31(41)32(22-26)43-2)20-27-21-30(34(42)33(23-27)44-3)38-35(36)37-28-8-6-5-7-9-28/h12,14-15,17,19,21-25,28,41-42H,4-11,13,16,18,20H2,1-3H3,(H3,36,37,38). The zero-order valence-corrected chi connectivity index (χ0v) is 26.4. The molecule has 44 heavy (non-hydrogen) atoms. The maximum Gasteiger partial charge on any atom is 0.193 e. The number of aliphatic imine (C=N–C) groups is 1. The molecule has 240 valence electrons. The number of carbonyl (C=O) groups is 2. The Morgan fingerprint density at radius 1 is 1.07 bits per heavy atom. The van der Waals surface area contributed by atoms with Crippen molar-refractivity contribution >= 4 is 23.7 Å². The van der Waals surface area contributed by atoms with Crippen molar-refractivity contribution < 1.29 is 29.3 Å². The van der Waals surface area contributed by atoms with E-state index in [1.165, 1.54) is 20.6 Å². The van der Waals surface area contributed by atoms with E-state index in [0.717, 1.165) is 62.4 Å². The van der Waals surface area contributed by atoms with Crippen LogP contribution in [0.2, 0.25) is 0 Å². The van der Waals surface area contributed by atoms with Crippen molar-refractivity contribution in [2.45, 2.75) is 90.0 Å². The van der Waals surface area contributed by atoms with Crippen LogP contribution in [0.4, 0.5) is 5.69 Å². The molecule has 2 atom stereocenters. The van der Waals surface area contributed by atoms with Gasteiger partial charge >= 0.3 is 0 Å². The molecule has 1 aliphatic rings. The first-order valence-electron chi connectivity index (χ1n) is 15.8. The van der Waals surface area contributed by atoms with E-state index in [1.807, 2.05) is 12.1 Å². The van der Waals surface area contributed by atoms with Crippen LogP contribution in [0.1, 0.15) is 82.3 Å². The van der Waals surface area contributed by atoms with Gasteiger partial charge in [-0.05, 0) is 91.8 Å². The summed E-state index contributed by atoms with van der Waals surface area (Å²) >= 11 is 0. The fourth-order valence-corrected chi connectivity index (χ4v) is 5.73.